The normalized spacial score (nSPS) is 17.6. The zero-order valence-electron chi connectivity index (χ0n) is 18.3. The Labute approximate surface area is 166 Å². The summed E-state index contributed by atoms with van der Waals surface area (Å²) in [6.07, 6.45) is 9.08. The topological polar surface area (TPSA) is 41.8 Å². The van der Waals surface area contributed by atoms with Gasteiger partial charge >= 0.3 is 0 Å². The minimum absolute atomic E-state index is 0.0186. The number of hydrogen-bond acceptors (Lipinski definition) is 3. The van der Waals surface area contributed by atoms with E-state index in [1.54, 1.807) is 0 Å². The van der Waals surface area contributed by atoms with E-state index in [-0.39, 0.29) is 11.0 Å². The summed E-state index contributed by atoms with van der Waals surface area (Å²) in [5.74, 6) is 1.10. The van der Waals surface area contributed by atoms with Gasteiger partial charge in [0.05, 0.1) is 11.3 Å². The standard InChI is InChI=1S/C24H39NO2/c1-7-9-11-12-13-23(3,4)18-15-20(26)22-19(25-14-10-8-2)17-24(5,6)27-21(22)16-18/h15-16,26H,7-14,17H2,1-6H3. The first-order chi connectivity index (χ1) is 12.7. The fraction of sp³-hybridized carbons (Fsp3) is 0.708. The Morgan fingerprint density at radius 2 is 1.78 bits per heavy atom. The van der Waals surface area contributed by atoms with E-state index in [1.165, 1.54) is 25.7 Å². The number of aromatic hydroxyl groups is 1. The quantitative estimate of drug-likeness (QED) is 0.484. The molecule has 0 saturated carbocycles. The number of benzene rings is 1. The summed E-state index contributed by atoms with van der Waals surface area (Å²) in [6, 6.07) is 4.08. The van der Waals surface area contributed by atoms with Gasteiger partial charge in [0.1, 0.15) is 17.1 Å². The van der Waals surface area contributed by atoms with E-state index < -0.39 is 0 Å². The number of phenols is 1. The molecule has 0 radical (unpaired) electrons. The molecule has 1 aliphatic heterocycles. The van der Waals surface area contributed by atoms with Crippen molar-refractivity contribution in [1.29, 1.82) is 0 Å². The lowest BCUT2D eigenvalue weighted by atomic mass is 9.78. The summed E-state index contributed by atoms with van der Waals surface area (Å²) in [4.78, 5) is 4.81. The van der Waals surface area contributed by atoms with Crippen molar-refractivity contribution in [3.63, 3.8) is 0 Å². The summed E-state index contributed by atoms with van der Waals surface area (Å²) in [6.45, 7) is 14.0. The lowest BCUT2D eigenvalue weighted by Gasteiger charge is -2.35. The second kappa shape index (κ2) is 9.12. The molecule has 1 aromatic rings. The van der Waals surface area contributed by atoms with Gasteiger partial charge in [0.25, 0.3) is 0 Å². The van der Waals surface area contributed by atoms with E-state index in [0.29, 0.717) is 5.75 Å². The van der Waals surface area contributed by atoms with E-state index in [1.807, 2.05) is 6.07 Å². The van der Waals surface area contributed by atoms with E-state index in [9.17, 15) is 5.11 Å². The molecule has 1 aromatic carbocycles. The van der Waals surface area contributed by atoms with Gasteiger partial charge in [-0.2, -0.15) is 0 Å². The summed E-state index contributed by atoms with van der Waals surface area (Å²) >= 11 is 0. The molecule has 0 unspecified atom stereocenters. The number of ether oxygens (including phenoxy) is 1. The monoisotopic (exact) mass is 373 g/mol. The summed E-state index contributed by atoms with van der Waals surface area (Å²) < 4.78 is 6.27. The van der Waals surface area contributed by atoms with Crippen LogP contribution in [0.3, 0.4) is 0 Å². The van der Waals surface area contributed by atoms with Crippen LogP contribution in [0.5, 0.6) is 11.5 Å². The van der Waals surface area contributed by atoms with Crippen molar-refractivity contribution < 1.29 is 9.84 Å². The van der Waals surface area contributed by atoms with Crippen LogP contribution < -0.4 is 4.74 Å². The van der Waals surface area contributed by atoms with Gasteiger partial charge in [-0.15, -0.1) is 0 Å². The minimum atomic E-state index is -0.297. The maximum Gasteiger partial charge on any atom is 0.133 e. The number of fused-ring (bicyclic) bond motifs is 1. The number of rotatable bonds is 9. The minimum Gasteiger partial charge on any atom is -0.507 e. The molecule has 27 heavy (non-hydrogen) atoms. The molecule has 0 bridgehead atoms. The van der Waals surface area contributed by atoms with Gasteiger partial charge in [-0.25, -0.2) is 0 Å². The number of phenolic OH excluding ortho intramolecular Hbond substituents is 1. The Morgan fingerprint density at radius 1 is 1.07 bits per heavy atom. The van der Waals surface area contributed by atoms with Crippen LogP contribution in [0.2, 0.25) is 0 Å². The van der Waals surface area contributed by atoms with Crippen molar-refractivity contribution in [2.45, 2.75) is 104 Å². The van der Waals surface area contributed by atoms with Crippen molar-refractivity contribution in [3.8, 4) is 11.5 Å². The highest BCUT2D eigenvalue weighted by atomic mass is 16.5. The second-order valence-electron chi connectivity index (χ2n) is 9.28. The van der Waals surface area contributed by atoms with Crippen LogP contribution >= 0.6 is 0 Å². The van der Waals surface area contributed by atoms with Crippen molar-refractivity contribution >= 4 is 5.71 Å². The van der Waals surface area contributed by atoms with Gasteiger partial charge in [0.15, 0.2) is 0 Å². The molecule has 0 amide bonds. The Balaban J connectivity index is 2.33. The maximum atomic E-state index is 10.8. The predicted octanol–water partition coefficient (Wildman–Crippen LogP) is 6.79. The molecule has 1 heterocycles. The van der Waals surface area contributed by atoms with E-state index in [0.717, 1.165) is 54.8 Å². The first-order valence-corrected chi connectivity index (χ1v) is 10.8. The largest absolute Gasteiger partial charge is 0.507 e. The van der Waals surface area contributed by atoms with Gasteiger partial charge in [-0.1, -0.05) is 59.8 Å². The van der Waals surface area contributed by atoms with Crippen molar-refractivity contribution in [3.05, 3.63) is 23.3 Å². The zero-order chi connectivity index (χ0) is 20.1. The van der Waals surface area contributed by atoms with Crippen LogP contribution in [0.25, 0.3) is 0 Å². The smallest absolute Gasteiger partial charge is 0.133 e. The second-order valence-corrected chi connectivity index (χ2v) is 9.28. The van der Waals surface area contributed by atoms with Gasteiger partial charge in [0, 0.05) is 13.0 Å². The zero-order valence-corrected chi connectivity index (χ0v) is 18.3. The average molecular weight is 374 g/mol. The third-order valence-corrected chi connectivity index (χ3v) is 5.60. The van der Waals surface area contributed by atoms with Gasteiger partial charge in [-0.3, -0.25) is 4.99 Å². The highest BCUT2D eigenvalue weighted by Crippen LogP contribution is 2.43. The molecule has 1 aliphatic rings. The van der Waals surface area contributed by atoms with Crippen molar-refractivity contribution in [1.82, 2.24) is 0 Å². The predicted molar refractivity (Wildman–Crippen MR) is 116 cm³/mol. The molecule has 0 spiro atoms. The molecule has 0 saturated heterocycles. The highest BCUT2D eigenvalue weighted by molar-refractivity contribution is 6.06. The first kappa shape index (κ1) is 21.8. The number of aliphatic imine (C=N–C) groups is 1. The average Bonchev–Trinajstić information content (AvgIpc) is 2.57. The van der Waals surface area contributed by atoms with Crippen LogP contribution in [0.4, 0.5) is 0 Å². The van der Waals surface area contributed by atoms with Crippen molar-refractivity contribution in [2.75, 3.05) is 6.54 Å². The Kier molecular flexibility index (Phi) is 7.36. The Bertz CT molecular complexity index is 659. The molecule has 0 atom stereocenters. The van der Waals surface area contributed by atoms with Crippen LogP contribution in [0.1, 0.15) is 104 Å². The molecule has 0 fully saturated rings. The number of nitrogens with zero attached hydrogens (tertiary/aromatic N) is 1. The summed E-state index contributed by atoms with van der Waals surface area (Å²) in [5, 5.41) is 10.8. The van der Waals surface area contributed by atoms with Gasteiger partial charge in [0.2, 0.25) is 0 Å². The van der Waals surface area contributed by atoms with Gasteiger partial charge in [-0.05, 0) is 49.8 Å². The van der Waals surface area contributed by atoms with Gasteiger partial charge < -0.3 is 9.84 Å². The molecule has 2 rings (SSSR count). The number of unbranched alkanes of at least 4 members (excludes halogenated alkanes) is 4. The molecular formula is C24H39NO2. The molecule has 152 valence electrons. The fourth-order valence-corrected chi connectivity index (χ4v) is 3.83. The molecule has 3 heteroatoms. The molecule has 0 aromatic heterocycles. The Hall–Kier alpha value is -1.51. The molecular weight excluding hydrogens is 334 g/mol. The molecule has 0 aliphatic carbocycles. The van der Waals surface area contributed by atoms with Crippen LogP contribution in [0.15, 0.2) is 17.1 Å². The van der Waals surface area contributed by atoms with E-state index in [2.05, 4.69) is 47.6 Å². The summed E-state index contributed by atoms with van der Waals surface area (Å²) in [7, 11) is 0. The lowest BCUT2D eigenvalue weighted by Crippen LogP contribution is -2.36. The van der Waals surface area contributed by atoms with Crippen LogP contribution in [0, 0.1) is 0 Å². The molecule has 1 N–H and O–H groups in total. The van der Waals surface area contributed by atoms with Crippen molar-refractivity contribution in [2.24, 2.45) is 4.99 Å². The molecule has 3 nitrogen and oxygen atoms in total. The highest BCUT2D eigenvalue weighted by Gasteiger charge is 2.34. The Morgan fingerprint density at radius 3 is 2.44 bits per heavy atom. The number of hydrogen-bond donors (Lipinski definition) is 1. The SMILES string of the molecule is CCCCCCC(C)(C)c1cc(O)c2c(c1)OC(C)(C)CC2=NCCCC. The van der Waals surface area contributed by atoms with E-state index in [4.69, 9.17) is 9.73 Å². The third kappa shape index (κ3) is 5.73. The third-order valence-electron chi connectivity index (χ3n) is 5.60. The van der Waals surface area contributed by atoms with Crippen LogP contribution in [-0.4, -0.2) is 23.0 Å². The van der Waals surface area contributed by atoms with E-state index >= 15 is 0 Å². The summed E-state index contributed by atoms with van der Waals surface area (Å²) in [5.41, 5.74) is 2.66. The first-order valence-electron chi connectivity index (χ1n) is 10.8. The maximum absolute atomic E-state index is 10.8. The fourth-order valence-electron chi connectivity index (χ4n) is 3.83. The van der Waals surface area contributed by atoms with Crippen LogP contribution in [-0.2, 0) is 5.41 Å². The lowest BCUT2D eigenvalue weighted by molar-refractivity contribution is 0.110.